The summed E-state index contributed by atoms with van der Waals surface area (Å²) in [6.45, 7) is 0. The lowest BCUT2D eigenvalue weighted by molar-refractivity contribution is 1.17. The first-order valence-electron chi connectivity index (χ1n) is 21.6. The molecule has 9 aromatic carbocycles. The van der Waals surface area contributed by atoms with Crippen LogP contribution in [0.5, 0.6) is 0 Å². The van der Waals surface area contributed by atoms with Crippen molar-refractivity contribution in [1.82, 2.24) is 19.5 Å². The minimum Gasteiger partial charge on any atom is -0.309 e. The topological polar surface area (TPSA) is 43.6 Å². The SMILES string of the molecule is c1ccc(-c2cc(-c3ccc(-n4c5ccccc5c5ccccc54)cc3)nc(-c3cccc(-c4cccc5c4nc(-c4cccc6ccccc46)c4sc6ccccc6c45)c3)n2)cc1. The van der Waals surface area contributed by atoms with Crippen LogP contribution in [0.25, 0.3) is 126 Å². The molecule has 0 amide bonds. The van der Waals surface area contributed by atoms with Crippen LogP contribution in [-0.4, -0.2) is 19.5 Å². The Kier molecular flexibility index (Phi) is 8.36. The largest absolute Gasteiger partial charge is 0.309 e. The molecule has 0 unspecified atom stereocenters. The first-order valence-corrected chi connectivity index (χ1v) is 22.4. The summed E-state index contributed by atoms with van der Waals surface area (Å²) in [5.74, 6) is 0.667. The van der Waals surface area contributed by atoms with Gasteiger partial charge < -0.3 is 4.57 Å². The van der Waals surface area contributed by atoms with E-state index in [-0.39, 0.29) is 0 Å². The van der Waals surface area contributed by atoms with Crippen molar-refractivity contribution in [2.75, 3.05) is 0 Å². The van der Waals surface area contributed by atoms with Crippen molar-refractivity contribution < 1.29 is 0 Å². The Morgan fingerprint density at radius 1 is 0.375 bits per heavy atom. The zero-order chi connectivity index (χ0) is 42.1. The van der Waals surface area contributed by atoms with E-state index in [4.69, 9.17) is 15.0 Å². The van der Waals surface area contributed by atoms with Crippen LogP contribution < -0.4 is 0 Å². The molecule has 0 saturated heterocycles. The average molecular weight is 833 g/mol. The van der Waals surface area contributed by atoms with Gasteiger partial charge in [-0.05, 0) is 58.8 Å². The standard InChI is InChI=1S/C59H36N4S/c1-2-16-38(17-3-1)50-36-51(39-31-33-42(34-32-39)63-52-28-9-6-22-45(52)46-23-7-10-29-53(46)63)61-59(60-50)41-20-12-19-40(35-41)44-25-14-27-49-55-48-24-8-11-30-54(48)64-58(55)57(62-56(44)49)47-26-13-18-37-15-4-5-21-43(37)47/h1-36H. The van der Waals surface area contributed by atoms with Crippen molar-refractivity contribution in [3.05, 3.63) is 218 Å². The molecule has 298 valence electrons. The van der Waals surface area contributed by atoms with E-state index in [1.807, 2.05) is 17.4 Å². The number of rotatable bonds is 6. The number of benzene rings is 9. The number of thiophene rings is 1. The monoisotopic (exact) mass is 832 g/mol. The number of nitrogens with zero attached hydrogens (tertiary/aromatic N) is 4. The Morgan fingerprint density at radius 2 is 0.938 bits per heavy atom. The van der Waals surface area contributed by atoms with E-state index >= 15 is 0 Å². The van der Waals surface area contributed by atoms with Gasteiger partial charge in [-0.2, -0.15) is 0 Å². The van der Waals surface area contributed by atoms with Crippen LogP contribution in [0.3, 0.4) is 0 Å². The lowest BCUT2D eigenvalue weighted by atomic mass is 9.95. The molecule has 5 heteroatoms. The minimum atomic E-state index is 0.667. The minimum absolute atomic E-state index is 0.667. The Labute approximate surface area is 373 Å². The first kappa shape index (κ1) is 36.4. The quantitative estimate of drug-likeness (QED) is 0.168. The van der Waals surface area contributed by atoms with Crippen molar-refractivity contribution in [2.24, 2.45) is 0 Å². The number of hydrogen-bond donors (Lipinski definition) is 0. The third kappa shape index (κ3) is 5.86. The number of fused-ring (bicyclic) bond motifs is 9. The molecule has 4 heterocycles. The highest BCUT2D eigenvalue weighted by Crippen LogP contribution is 2.46. The summed E-state index contributed by atoms with van der Waals surface area (Å²) in [7, 11) is 0. The van der Waals surface area contributed by atoms with Crippen molar-refractivity contribution in [3.8, 4) is 62.0 Å². The van der Waals surface area contributed by atoms with Crippen molar-refractivity contribution in [3.63, 3.8) is 0 Å². The van der Waals surface area contributed by atoms with E-state index in [0.717, 1.165) is 67.1 Å². The van der Waals surface area contributed by atoms with Gasteiger partial charge in [-0.3, -0.25) is 0 Å². The predicted molar refractivity (Wildman–Crippen MR) is 269 cm³/mol. The van der Waals surface area contributed by atoms with Gasteiger partial charge in [0.15, 0.2) is 5.82 Å². The fourth-order valence-corrected chi connectivity index (χ4v) is 10.9. The Hall–Kier alpha value is -8.25. The van der Waals surface area contributed by atoms with Gasteiger partial charge in [0.1, 0.15) is 0 Å². The summed E-state index contributed by atoms with van der Waals surface area (Å²) in [6.07, 6.45) is 0. The summed E-state index contributed by atoms with van der Waals surface area (Å²) in [4.78, 5) is 16.2. The van der Waals surface area contributed by atoms with E-state index in [1.54, 1.807) is 0 Å². The summed E-state index contributed by atoms with van der Waals surface area (Å²) in [5.41, 5.74) is 13.5. The van der Waals surface area contributed by atoms with Gasteiger partial charge >= 0.3 is 0 Å². The predicted octanol–water partition coefficient (Wildman–Crippen LogP) is 16.0. The van der Waals surface area contributed by atoms with Crippen LogP contribution in [0.2, 0.25) is 0 Å². The zero-order valence-electron chi connectivity index (χ0n) is 34.5. The molecule has 0 radical (unpaired) electrons. The third-order valence-corrected chi connectivity index (χ3v) is 13.8. The fraction of sp³-hybridized carbons (Fsp3) is 0. The highest BCUT2D eigenvalue weighted by atomic mass is 32.1. The molecule has 0 aliphatic carbocycles. The maximum absolute atomic E-state index is 5.64. The highest BCUT2D eigenvalue weighted by molar-refractivity contribution is 7.26. The van der Waals surface area contributed by atoms with Gasteiger partial charge in [-0.25, -0.2) is 15.0 Å². The Bertz CT molecular complexity index is 3900. The molecule has 4 nitrogen and oxygen atoms in total. The summed E-state index contributed by atoms with van der Waals surface area (Å²) >= 11 is 1.83. The van der Waals surface area contributed by atoms with Crippen molar-refractivity contribution >= 4 is 75.0 Å². The van der Waals surface area contributed by atoms with Gasteiger partial charge in [-0.1, -0.05) is 176 Å². The normalized spacial score (nSPS) is 11.8. The average Bonchev–Trinajstić information content (AvgIpc) is 3.93. The molecule has 0 saturated carbocycles. The first-order chi connectivity index (χ1) is 31.7. The van der Waals surface area contributed by atoms with Crippen molar-refractivity contribution in [2.45, 2.75) is 0 Å². The maximum atomic E-state index is 5.64. The molecule has 0 atom stereocenters. The second-order valence-electron chi connectivity index (χ2n) is 16.3. The van der Waals surface area contributed by atoms with E-state index in [9.17, 15) is 0 Å². The van der Waals surface area contributed by atoms with E-state index < -0.39 is 0 Å². The molecule has 13 rings (SSSR count). The van der Waals surface area contributed by atoms with Gasteiger partial charge in [0, 0.05) is 65.1 Å². The molecule has 0 aliphatic rings. The molecule has 0 fully saturated rings. The Morgan fingerprint density at radius 3 is 1.72 bits per heavy atom. The van der Waals surface area contributed by atoms with Crippen LogP contribution in [0.4, 0.5) is 0 Å². The molecule has 0 aliphatic heterocycles. The summed E-state index contributed by atoms with van der Waals surface area (Å²) in [5, 5.41) is 8.54. The molecule has 0 bridgehead atoms. The molecule has 0 spiro atoms. The fourth-order valence-electron chi connectivity index (χ4n) is 9.64. The second-order valence-corrected chi connectivity index (χ2v) is 17.4. The van der Waals surface area contributed by atoms with Crippen LogP contribution >= 0.6 is 11.3 Å². The third-order valence-electron chi connectivity index (χ3n) is 12.6. The molecule has 4 aromatic heterocycles. The van der Waals surface area contributed by atoms with Crippen LogP contribution in [0, 0.1) is 0 Å². The highest BCUT2D eigenvalue weighted by Gasteiger charge is 2.20. The number of aromatic nitrogens is 4. The molecular formula is C59H36N4S. The smallest absolute Gasteiger partial charge is 0.160 e. The van der Waals surface area contributed by atoms with Gasteiger partial charge in [0.05, 0.1) is 38.3 Å². The van der Waals surface area contributed by atoms with Crippen molar-refractivity contribution in [1.29, 1.82) is 0 Å². The van der Waals surface area contributed by atoms with Crippen LogP contribution in [0.15, 0.2) is 218 Å². The summed E-state index contributed by atoms with van der Waals surface area (Å²) < 4.78 is 4.81. The summed E-state index contributed by atoms with van der Waals surface area (Å²) in [6, 6.07) is 77.7. The van der Waals surface area contributed by atoms with E-state index in [2.05, 4.69) is 217 Å². The molecular weight excluding hydrogens is 797 g/mol. The van der Waals surface area contributed by atoms with Gasteiger partial charge in [0.25, 0.3) is 0 Å². The van der Waals surface area contributed by atoms with Gasteiger partial charge in [0.2, 0.25) is 0 Å². The van der Waals surface area contributed by atoms with E-state index in [1.165, 1.54) is 52.8 Å². The number of para-hydroxylation sites is 3. The lowest BCUT2D eigenvalue weighted by Gasteiger charge is -2.14. The maximum Gasteiger partial charge on any atom is 0.160 e. The number of pyridine rings is 1. The lowest BCUT2D eigenvalue weighted by Crippen LogP contribution is -1.97. The molecule has 64 heavy (non-hydrogen) atoms. The molecule has 13 aromatic rings. The van der Waals surface area contributed by atoms with Crippen LogP contribution in [0.1, 0.15) is 0 Å². The van der Waals surface area contributed by atoms with Gasteiger partial charge in [-0.15, -0.1) is 11.3 Å². The second kappa shape index (κ2) is 14.7. The zero-order valence-corrected chi connectivity index (χ0v) is 35.3. The number of hydrogen-bond acceptors (Lipinski definition) is 4. The van der Waals surface area contributed by atoms with E-state index in [0.29, 0.717) is 5.82 Å². The molecule has 0 N–H and O–H groups in total. The van der Waals surface area contributed by atoms with Crippen LogP contribution in [-0.2, 0) is 0 Å². The Balaban J connectivity index is 0.969.